The van der Waals surface area contributed by atoms with Crippen molar-refractivity contribution in [2.75, 3.05) is 67.7 Å². The van der Waals surface area contributed by atoms with Gasteiger partial charge in [0.05, 0.1) is 68.4 Å². The number of carbonyl (C=O) groups excluding carboxylic acids is 3. The first-order valence-corrected chi connectivity index (χ1v) is 32.7. The molecule has 89 heavy (non-hydrogen) atoms. The van der Waals surface area contributed by atoms with Crippen molar-refractivity contribution in [1.82, 2.24) is 45.8 Å². The maximum atomic E-state index is 14.8. The van der Waals surface area contributed by atoms with Crippen molar-refractivity contribution in [3.63, 3.8) is 0 Å². The molecule has 3 amide bonds. The average Bonchev–Trinajstić information content (AvgIpc) is 2.53. The van der Waals surface area contributed by atoms with Gasteiger partial charge in [0.1, 0.15) is 17.8 Å². The van der Waals surface area contributed by atoms with Gasteiger partial charge in [-0.15, -0.1) is 20.1 Å². The summed E-state index contributed by atoms with van der Waals surface area (Å²) >= 11 is 8.23. The Hall–Kier alpha value is -7.59. The van der Waals surface area contributed by atoms with Crippen LogP contribution in [0.15, 0.2) is 83.3 Å². The Morgan fingerprint density at radius 3 is 2.35 bits per heavy atom. The molecule has 474 valence electrons. The number of amides is 3. The molecule has 22 nitrogen and oxygen atoms in total. The topological polar surface area (TPSA) is 274 Å². The zero-order valence-corrected chi connectivity index (χ0v) is 52.0. The van der Waals surface area contributed by atoms with E-state index in [2.05, 4.69) is 36.6 Å². The molecule has 3 aromatic heterocycles. The zero-order chi connectivity index (χ0) is 63.0. The fraction of sp³-hybridized carbons (Fsp3) is 0.475. The van der Waals surface area contributed by atoms with Crippen LogP contribution >= 0.6 is 22.9 Å². The minimum absolute atomic E-state index is 0.0157. The van der Waals surface area contributed by atoms with Crippen molar-refractivity contribution in [1.29, 1.82) is 0 Å². The van der Waals surface area contributed by atoms with Gasteiger partial charge >= 0.3 is 12.3 Å². The Labute approximate surface area is 522 Å². The smallest absolute Gasteiger partial charge is 0.493 e. The summed E-state index contributed by atoms with van der Waals surface area (Å²) < 4.78 is 93.0. The van der Waals surface area contributed by atoms with Crippen molar-refractivity contribution in [3.8, 4) is 33.7 Å². The van der Waals surface area contributed by atoms with Crippen LogP contribution in [0.1, 0.15) is 94.3 Å². The first kappa shape index (κ1) is 63.0. The van der Waals surface area contributed by atoms with E-state index in [9.17, 15) is 41.1 Å². The predicted octanol–water partition coefficient (Wildman–Crippen LogP) is 8.31. The van der Waals surface area contributed by atoms with Gasteiger partial charge in [-0.2, -0.15) is 15.0 Å². The number of halogens is 4. The molecule has 4 fully saturated rings. The number of carbonyl (C=O) groups is 3. The lowest BCUT2D eigenvalue weighted by Gasteiger charge is -2.35. The summed E-state index contributed by atoms with van der Waals surface area (Å²) in [7, 11) is -3.78. The molecule has 3 aliphatic heterocycles. The van der Waals surface area contributed by atoms with Crippen LogP contribution in [0.3, 0.4) is 0 Å². The van der Waals surface area contributed by atoms with E-state index >= 15 is 0 Å². The normalized spacial score (nSPS) is 20.9. The molecular formula is C61H70ClF3N12O10S2. The number of thiazole rings is 1. The average molecular weight is 1290 g/mol. The summed E-state index contributed by atoms with van der Waals surface area (Å²) in [6.07, 6.45) is 0.997. The van der Waals surface area contributed by atoms with Crippen LogP contribution in [0, 0.1) is 24.2 Å². The molecule has 5 aliphatic rings. The molecule has 6 N–H and O–H groups in total. The molecule has 2 saturated heterocycles. The maximum Gasteiger partial charge on any atom is 0.586 e. The number of sulfone groups is 1. The third kappa shape index (κ3) is 14.7. The summed E-state index contributed by atoms with van der Waals surface area (Å²) in [5.41, 5.74) is 2.31. The van der Waals surface area contributed by atoms with Crippen molar-refractivity contribution in [2.45, 2.75) is 120 Å². The Kier molecular flexibility index (Phi) is 18.2. The number of piperazine rings is 1. The van der Waals surface area contributed by atoms with Crippen LogP contribution in [0.4, 0.5) is 36.4 Å². The number of aliphatic hydroxyl groups is 1. The van der Waals surface area contributed by atoms with Gasteiger partial charge in [0, 0.05) is 69.3 Å². The molecule has 0 bridgehead atoms. The van der Waals surface area contributed by atoms with Gasteiger partial charge in [0.2, 0.25) is 23.7 Å². The number of benzene rings is 3. The molecule has 0 radical (unpaired) electrons. The third-order valence-electron chi connectivity index (χ3n) is 16.6. The second kappa shape index (κ2) is 25.7. The van der Waals surface area contributed by atoms with Gasteiger partial charge < -0.3 is 60.4 Å². The quantitative estimate of drug-likeness (QED) is 0.0395. The predicted molar refractivity (Wildman–Crippen MR) is 326 cm³/mol. The Bertz CT molecular complexity index is 3730. The molecular weight excluding hydrogens is 1220 g/mol. The van der Waals surface area contributed by atoms with Gasteiger partial charge in [0.25, 0.3) is 5.91 Å². The van der Waals surface area contributed by atoms with E-state index in [0.29, 0.717) is 50.0 Å². The molecule has 3 aromatic carbocycles. The lowest BCUT2D eigenvalue weighted by molar-refractivity contribution is -0.287. The van der Waals surface area contributed by atoms with Gasteiger partial charge in [-0.3, -0.25) is 19.4 Å². The molecule has 0 unspecified atom stereocenters. The van der Waals surface area contributed by atoms with Crippen LogP contribution in [-0.2, 0) is 30.8 Å². The molecule has 4 atom stereocenters. The fourth-order valence-electron chi connectivity index (χ4n) is 11.4. The first-order valence-electron chi connectivity index (χ1n) is 29.5. The number of ether oxygens (including phenoxy) is 4. The third-order valence-corrected chi connectivity index (χ3v) is 19.0. The number of nitrogens with zero attached hydrogens (tertiary/aromatic N) is 7. The summed E-state index contributed by atoms with van der Waals surface area (Å²) in [5, 5.41) is 26.5. The number of fused-ring (bicyclic) bond motifs is 1. The van der Waals surface area contributed by atoms with Gasteiger partial charge in [-0.25, -0.2) is 17.8 Å². The number of aryl methyl sites for hydroxylation is 1. The molecule has 0 spiro atoms. The zero-order valence-electron chi connectivity index (χ0n) is 49.7. The second-order valence-corrected chi connectivity index (χ2v) is 27.6. The first-order chi connectivity index (χ1) is 42.4. The largest absolute Gasteiger partial charge is 0.586 e. The summed E-state index contributed by atoms with van der Waals surface area (Å²) in [4.78, 5) is 68.4. The molecule has 6 aromatic rings. The monoisotopic (exact) mass is 1290 g/mol. The van der Waals surface area contributed by atoms with E-state index in [1.165, 1.54) is 52.8 Å². The molecule has 2 saturated carbocycles. The highest BCUT2D eigenvalue weighted by atomic mass is 35.5. The minimum Gasteiger partial charge on any atom is -0.493 e. The molecule has 11 rings (SSSR count). The minimum atomic E-state index is -3.94. The summed E-state index contributed by atoms with van der Waals surface area (Å²) in [6.45, 7) is 10.2. The number of β-amino-alcohol motifs (C(OH)–C–C–N with tert-alkyl or cyclic N) is 1. The summed E-state index contributed by atoms with van der Waals surface area (Å²) in [5.74, 6) is -1.16. The van der Waals surface area contributed by atoms with Crippen LogP contribution < -0.4 is 50.4 Å². The number of para-hydroxylation sites is 1. The Balaban J connectivity index is 0.770. The number of hydrogen-bond donors (Lipinski definition) is 6. The van der Waals surface area contributed by atoms with Gasteiger partial charge in [-0.1, -0.05) is 56.6 Å². The van der Waals surface area contributed by atoms with Gasteiger partial charge in [-0.05, 0) is 111 Å². The number of aliphatic hydroxyl groups excluding tert-OH is 1. The number of alkyl halides is 3. The van der Waals surface area contributed by atoms with Crippen LogP contribution in [0.25, 0.3) is 10.4 Å². The number of anilines is 4. The lowest BCUT2D eigenvalue weighted by atomic mass is 9.83. The van der Waals surface area contributed by atoms with Crippen molar-refractivity contribution < 1.29 is 60.0 Å². The maximum absolute atomic E-state index is 14.8. The number of aromatic nitrogens is 5. The van der Waals surface area contributed by atoms with Crippen LogP contribution in [0.5, 0.6) is 23.3 Å². The highest BCUT2D eigenvalue weighted by Crippen LogP contribution is 2.48. The second-order valence-electron chi connectivity index (χ2n) is 24.3. The number of rotatable bonds is 21. The Morgan fingerprint density at radius 1 is 0.921 bits per heavy atom. The van der Waals surface area contributed by atoms with Crippen LogP contribution in [0.2, 0.25) is 5.02 Å². The lowest BCUT2D eigenvalue weighted by Crippen LogP contribution is -2.59. The highest BCUT2D eigenvalue weighted by molar-refractivity contribution is 7.90. The SMILES string of the molecule is Cc1ncsc1-c1ccc(CNC(=O)[C@@H]2C[C@@H](O)CN2C(=O)[C@@H](NC(=O)C2(F)CC2)C(C)(C)C)c(OCC2CCC(COc3nc(Nc4cc(S(C)(=O)=O)ccc4N[C@@H](c4cccc5c4OC(F)(F)O5)c4ncccc4Cl)nc(N4CCNCC4)n3)CC2)c1. The van der Waals surface area contributed by atoms with E-state index in [1.807, 2.05) is 30.0 Å². The van der Waals surface area contributed by atoms with E-state index in [1.54, 1.807) is 44.5 Å². The van der Waals surface area contributed by atoms with Crippen molar-refractivity contribution in [2.24, 2.45) is 17.3 Å². The van der Waals surface area contributed by atoms with E-state index < -0.39 is 69.2 Å². The van der Waals surface area contributed by atoms with Gasteiger partial charge in [0.15, 0.2) is 27.0 Å². The number of likely N-dealkylation sites (tertiary alicyclic amines) is 1. The number of pyridine rings is 1. The molecule has 6 heterocycles. The molecule has 28 heteroatoms. The fourth-order valence-corrected chi connectivity index (χ4v) is 13.1. The van der Waals surface area contributed by atoms with E-state index in [-0.39, 0.29) is 107 Å². The Morgan fingerprint density at radius 2 is 1.66 bits per heavy atom. The highest BCUT2D eigenvalue weighted by Gasteiger charge is 2.53. The number of nitrogens with one attached hydrogen (secondary N) is 5. The van der Waals surface area contributed by atoms with E-state index in [0.717, 1.165) is 48.1 Å². The summed E-state index contributed by atoms with van der Waals surface area (Å²) in [6, 6.07) is 14.6. The molecule has 2 aliphatic carbocycles. The van der Waals surface area contributed by atoms with Crippen molar-refractivity contribution in [3.05, 3.63) is 106 Å². The standard InChI is InChI=1S/C61H70ClF3N12O10S2/c1-34-51(88-33-69-34)37-15-16-38(29-68-53(79)45-27-39(78)30-77(45)54(80)52(59(2,3)4)72-55(81)60(63)19-20-60)47(26-37)84-31-35-11-13-36(14-12-35)32-85-58-74-56(73-57(75-58)76-24-22-66-23-25-76)71-44-28-40(89(5,82)83)17-18-43(44)70-48(49-42(62)9-7-21-67-49)41-8-6-10-46-50(41)87-61(64,65)86-46/h6-10,15-18,21,26,28,33,35-36,39,45,48,52,66,70,78H,11-14,19-20,22-25,27,29-32H2,1-5H3,(H,68,79)(H,72,81)(H,71,73,74,75)/t35?,36?,39-,45+,48+,52-/m1/s1. The van der Waals surface area contributed by atoms with Crippen LogP contribution in [-0.4, -0.2) is 143 Å². The van der Waals surface area contributed by atoms with E-state index in [4.69, 9.17) is 45.5 Å². The van der Waals surface area contributed by atoms with Crippen molar-refractivity contribution >= 4 is 73.8 Å². The number of hydrogen-bond acceptors (Lipinski definition) is 20.